The number of Topliss-reactive ketones (excluding diaryl/α,β-unsaturated/α-hetero) is 2. The summed E-state index contributed by atoms with van der Waals surface area (Å²) in [7, 11) is 0. The Morgan fingerprint density at radius 2 is 1.34 bits per heavy atom. The zero-order valence-corrected chi connectivity index (χ0v) is 27.3. The molecule has 0 bridgehead atoms. The van der Waals surface area contributed by atoms with Crippen LogP contribution in [0.2, 0.25) is 0 Å². The molecular weight excluding hydrogens is 504 g/mol. The molecule has 0 spiro atoms. The summed E-state index contributed by atoms with van der Waals surface area (Å²) < 4.78 is 0. The lowest BCUT2D eigenvalue weighted by atomic mass is 9.75. The molecule has 2 heterocycles. The van der Waals surface area contributed by atoms with Crippen LogP contribution in [0.4, 0.5) is 11.4 Å². The molecule has 2 aliphatic heterocycles. The van der Waals surface area contributed by atoms with Crippen molar-refractivity contribution >= 4 is 22.9 Å². The molecule has 0 aromatic heterocycles. The number of benzene rings is 1. The highest BCUT2D eigenvalue weighted by molar-refractivity contribution is 5.98. The second-order valence-electron chi connectivity index (χ2n) is 14.1. The van der Waals surface area contributed by atoms with Gasteiger partial charge >= 0.3 is 0 Å². The van der Waals surface area contributed by atoms with Crippen LogP contribution in [0, 0.1) is 16.7 Å². The highest BCUT2D eigenvalue weighted by atomic mass is 16.1. The van der Waals surface area contributed by atoms with Gasteiger partial charge in [0.2, 0.25) is 0 Å². The van der Waals surface area contributed by atoms with Crippen LogP contribution in [0.1, 0.15) is 120 Å². The normalized spacial score (nSPS) is 18.8. The van der Waals surface area contributed by atoms with Crippen LogP contribution in [0.5, 0.6) is 0 Å². The van der Waals surface area contributed by atoms with E-state index in [1.807, 2.05) is 0 Å². The van der Waals surface area contributed by atoms with Gasteiger partial charge in [0.15, 0.2) is 11.6 Å². The first-order chi connectivity index (χ1) is 19.3. The average molecular weight is 561 g/mol. The predicted molar refractivity (Wildman–Crippen MR) is 175 cm³/mol. The van der Waals surface area contributed by atoms with Crippen molar-refractivity contribution in [2.45, 2.75) is 120 Å². The highest BCUT2D eigenvalue weighted by Crippen LogP contribution is 2.40. The van der Waals surface area contributed by atoms with Gasteiger partial charge in [0.1, 0.15) is 0 Å². The summed E-state index contributed by atoms with van der Waals surface area (Å²) in [6.07, 6.45) is 16.2. The molecule has 1 aromatic rings. The molecule has 41 heavy (non-hydrogen) atoms. The number of anilines is 2. The van der Waals surface area contributed by atoms with Gasteiger partial charge in [-0.1, -0.05) is 72.5 Å². The fourth-order valence-corrected chi connectivity index (χ4v) is 6.03. The Balaban J connectivity index is 1.72. The number of hydrogen-bond donors (Lipinski definition) is 0. The topological polar surface area (TPSA) is 40.6 Å². The summed E-state index contributed by atoms with van der Waals surface area (Å²) in [6.45, 7) is 19.3. The van der Waals surface area contributed by atoms with E-state index in [0.29, 0.717) is 24.5 Å². The minimum atomic E-state index is -0.113. The van der Waals surface area contributed by atoms with Crippen LogP contribution in [0.15, 0.2) is 59.5 Å². The molecular formula is C37H56N2O2. The largest absolute Gasteiger partial charge is 0.348 e. The maximum Gasteiger partial charge on any atom is 0.161 e. The lowest BCUT2D eigenvalue weighted by molar-refractivity contribution is -0.118. The van der Waals surface area contributed by atoms with E-state index in [0.717, 1.165) is 74.1 Å². The van der Waals surface area contributed by atoms with Crippen molar-refractivity contribution < 1.29 is 9.59 Å². The van der Waals surface area contributed by atoms with Crippen molar-refractivity contribution in [1.29, 1.82) is 0 Å². The molecule has 0 saturated heterocycles. The van der Waals surface area contributed by atoms with Crippen LogP contribution in [-0.2, 0) is 9.59 Å². The number of hydrogen-bond acceptors (Lipinski definition) is 4. The van der Waals surface area contributed by atoms with Crippen LogP contribution in [-0.4, -0.2) is 24.7 Å². The maximum absolute atomic E-state index is 13.4. The molecule has 0 fully saturated rings. The fraction of sp³-hybridized carbons (Fsp3) is 0.622. The maximum atomic E-state index is 13.4. The van der Waals surface area contributed by atoms with Crippen molar-refractivity contribution in [2.24, 2.45) is 16.7 Å². The quantitative estimate of drug-likeness (QED) is 0.168. The first kappa shape index (κ1) is 32.9. The molecule has 1 atom stereocenters. The molecule has 0 radical (unpaired) electrons. The van der Waals surface area contributed by atoms with Gasteiger partial charge in [0, 0.05) is 60.9 Å². The molecule has 0 aliphatic carbocycles. The lowest BCUT2D eigenvalue weighted by Crippen LogP contribution is -2.35. The number of unbranched alkanes of at least 4 members (excludes halogenated alkanes) is 3. The van der Waals surface area contributed by atoms with E-state index in [9.17, 15) is 9.59 Å². The van der Waals surface area contributed by atoms with E-state index in [1.165, 1.54) is 18.4 Å². The Labute approximate surface area is 251 Å². The van der Waals surface area contributed by atoms with E-state index in [1.54, 1.807) is 0 Å². The van der Waals surface area contributed by atoms with Gasteiger partial charge in [-0.25, -0.2) is 0 Å². The molecule has 4 heteroatoms. The Bertz CT molecular complexity index is 1130. The van der Waals surface area contributed by atoms with Crippen LogP contribution in [0.3, 0.4) is 0 Å². The summed E-state index contributed by atoms with van der Waals surface area (Å²) >= 11 is 0. The summed E-state index contributed by atoms with van der Waals surface area (Å²) in [5.41, 5.74) is 5.28. The standard InChI is InChI=1S/C37H56N2O2/c1-9-10-11-12-16-34(40)32-26-38(23-21-36(32,5)6)30-17-19-31(20-18-30)39-24-22-37(7,8)33(27-39)35(41)25-29(4)15-13-14-28(2)3/h14,17-20,26-27,29H,9-13,15-16,21-25H2,1-8H3. The number of carbonyl (C=O) groups is 2. The van der Waals surface area contributed by atoms with Crippen LogP contribution < -0.4 is 9.80 Å². The van der Waals surface area contributed by atoms with Crippen molar-refractivity contribution in [2.75, 3.05) is 22.9 Å². The van der Waals surface area contributed by atoms with Crippen molar-refractivity contribution in [3.8, 4) is 0 Å². The van der Waals surface area contributed by atoms with Gasteiger partial charge in [-0.05, 0) is 87.0 Å². The van der Waals surface area contributed by atoms with Crippen LogP contribution >= 0.6 is 0 Å². The second kappa shape index (κ2) is 14.5. The minimum Gasteiger partial charge on any atom is -0.348 e. The Hall–Kier alpha value is -2.62. The zero-order valence-electron chi connectivity index (χ0n) is 27.3. The molecule has 0 saturated carbocycles. The van der Waals surface area contributed by atoms with Gasteiger partial charge in [0.05, 0.1) is 0 Å². The Morgan fingerprint density at radius 1 is 0.829 bits per heavy atom. The third kappa shape index (κ3) is 9.18. The first-order valence-corrected chi connectivity index (χ1v) is 16.1. The smallest absolute Gasteiger partial charge is 0.161 e. The fourth-order valence-electron chi connectivity index (χ4n) is 6.03. The monoisotopic (exact) mass is 560 g/mol. The van der Waals surface area contributed by atoms with Crippen molar-refractivity contribution in [3.63, 3.8) is 0 Å². The minimum absolute atomic E-state index is 0.0875. The molecule has 4 nitrogen and oxygen atoms in total. The Morgan fingerprint density at radius 3 is 1.83 bits per heavy atom. The van der Waals surface area contributed by atoms with E-state index in [2.05, 4.69) is 108 Å². The SMILES string of the molecule is CCCCCCC(=O)C1=CN(c2ccc(N3C=C(C(=O)CC(C)CCC=C(C)C)C(C)(C)CC3)cc2)CCC1(C)C. The van der Waals surface area contributed by atoms with Crippen molar-refractivity contribution in [3.05, 3.63) is 59.5 Å². The molecule has 226 valence electrons. The highest BCUT2D eigenvalue weighted by Gasteiger charge is 2.34. The third-order valence-corrected chi connectivity index (χ3v) is 9.10. The summed E-state index contributed by atoms with van der Waals surface area (Å²) in [4.78, 5) is 31.1. The number of allylic oxidation sites excluding steroid dienone is 4. The van der Waals surface area contributed by atoms with E-state index >= 15 is 0 Å². The number of rotatable bonds is 14. The van der Waals surface area contributed by atoms with Gasteiger partial charge in [-0.3, -0.25) is 9.59 Å². The molecule has 2 aliphatic rings. The third-order valence-electron chi connectivity index (χ3n) is 9.10. The molecule has 1 aromatic carbocycles. The average Bonchev–Trinajstić information content (AvgIpc) is 2.90. The number of nitrogens with zero attached hydrogens (tertiary/aromatic N) is 2. The number of carbonyl (C=O) groups excluding carboxylic acids is 2. The van der Waals surface area contributed by atoms with Gasteiger partial charge in [-0.2, -0.15) is 0 Å². The van der Waals surface area contributed by atoms with E-state index in [-0.39, 0.29) is 16.6 Å². The molecule has 3 rings (SSSR count). The lowest BCUT2D eigenvalue weighted by Gasteiger charge is -2.38. The van der Waals surface area contributed by atoms with Gasteiger partial charge < -0.3 is 9.80 Å². The summed E-state index contributed by atoms with van der Waals surface area (Å²) in [5.74, 6) is 0.964. The predicted octanol–water partition coefficient (Wildman–Crippen LogP) is 9.81. The van der Waals surface area contributed by atoms with Gasteiger partial charge in [0.25, 0.3) is 0 Å². The van der Waals surface area contributed by atoms with E-state index < -0.39 is 0 Å². The van der Waals surface area contributed by atoms with E-state index in [4.69, 9.17) is 0 Å². The zero-order chi connectivity index (χ0) is 30.2. The number of ketones is 2. The summed E-state index contributed by atoms with van der Waals surface area (Å²) in [5, 5.41) is 0. The molecule has 0 amide bonds. The summed E-state index contributed by atoms with van der Waals surface area (Å²) in [6, 6.07) is 8.64. The van der Waals surface area contributed by atoms with Crippen LogP contribution in [0.25, 0.3) is 0 Å². The first-order valence-electron chi connectivity index (χ1n) is 16.1. The second-order valence-corrected chi connectivity index (χ2v) is 14.1. The molecule has 1 unspecified atom stereocenters. The Kier molecular flexibility index (Phi) is 11.6. The molecule has 0 N–H and O–H groups in total. The van der Waals surface area contributed by atoms with Gasteiger partial charge in [-0.15, -0.1) is 0 Å². The van der Waals surface area contributed by atoms with Crippen molar-refractivity contribution in [1.82, 2.24) is 0 Å².